The molecule has 10 nitrogen and oxygen atoms in total. The predicted octanol–water partition coefficient (Wildman–Crippen LogP) is 0.890. The molecule has 158 valence electrons. The van der Waals surface area contributed by atoms with Crippen LogP contribution in [0.2, 0.25) is 0 Å². The molecule has 2 heterocycles. The number of anilines is 2. The molecule has 0 aliphatic carbocycles. The summed E-state index contributed by atoms with van der Waals surface area (Å²) in [5.74, 6) is 0.830. The quantitative estimate of drug-likeness (QED) is 0.274. The number of pyridine rings is 1. The van der Waals surface area contributed by atoms with Crippen LogP contribution in [0.4, 0.5) is 11.9 Å². The van der Waals surface area contributed by atoms with E-state index in [0.29, 0.717) is 64.6 Å². The Hall–Kier alpha value is -2.82. The first-order valence-electron chi connectivity index (χ1n) is 9.55. The Morgan fingerprint density at radius 3 is 2.41 bits per heavy atom. The number of nitrogens with one attached hydrogen (secondary N) is 2. The lowest BCUT2D eigenvalue weighted by Gasteiger charge is -2.10. The minimum atomic E-state index is 0.221. The molecule has 0 fully saturated rings. The molecule has 4 N–H and O–H groups in total. The first kappa shape index (κ1) is 22.5. The zero-order chi connectivity index (χ0) is 20.6. The second-order valence-electron chi connectivity index (χ2n) is 5.80. The van der Waals surface area contributed by atoms with Crippen LogP contribution >= 0.6 is 0 Å². The van der Waals surface area contributed by atoms with Crippen molar-refractivity contribution in [3.63, 3.8) is 0 Å². The fraction of sp³-hybridized carbons (Fsp3) is 0.474. The van der Waals surface area contributed by atoms with Gasteiger partial charge < -0.3 is 30.6 Å². The maximum absolute atomic E-state index is 5.47. The van der Waals surface area contributed by atoms with Crippen molar-refractivity contribution in [2.45, 2.75) is 6.42 Å². The first-order chi connectivity index (χ1) is 14.3. The Morgan fingerprint density at radius 2 is 1.72 bits per heavy atom. The van der Waals surface area contributed by atoms with Crippen molar-refractivity contribution < 1.29 is 14.2 Å². The topological polar surface area (TPSA) is 129 Å². The standard InChI is InChI=1S/C19H29N7O3/c1-2-11-29-19-25-17(22-9-6-16-5-3-4-8-21-16)24-18(26-19)23-10-13-28-15-14-27-12-7-20/h2-5,8H,1,6-7,9-15,20H2,(H2,22,23,24,25,26). The van der Waals surface area contributed by atoms with Crippen molar-refractivity contribution in [1.29, 1.82) is 0 Å². The van der Waals surface area contributed by atoms with Gasteiger partial charge >= 0.3 is 6.01 Å². The van der Waals surface area contributed by atoms with Crippen LogP contribution in [0.5, 0.6) is 6.01 Å². The maximum atomic E-state index is 5.47. The summed E-state index contributed by atoms with van der Waals surface area (Å²) in [6, 6.07) is 6.04. The SMILES string of the molecule is C=CCOc1nc(NCCOCCOCCN)nc(NCCc2ccccn2)n1. The lowest BCUT2D eigenvalue weighted by molar-refractivity contribution is 0.0547. The highest BCUT2D eigenvalue weighted by atomic mass is 16.5. The lowest BCUT2D eigenvalue weighted by Crippen LogP contribution is -2.17. The van der Waals surface area contributed by atoms with Crippen LogP contribution in [-0.4, -0.2) is 72.6 Å². The van der Waals surface area contributed by atoms with Gasteiger partial charge in [-0.05, 0) is 12.1 Å². The van der Waals surface area contributed by atoms with Crippen LogP contribution in [0.1, 0.15) is 5.69 Å². The minimum Gasteiger partial charge on any atom is -0.459 e. The van der Waals surface area contributed by atoms with Gasteiger partial charge in [0.2, 0.25) is 11.9 Å². The molecule has 0 aromatic carbocycles. The van der Waals surface area contributed by atoms with E-state index in [0.717, 1.165) is 12.1 Å². The summed E-state index contributed by atoms with van der Waals surface area (Å²) in [5, 5.41) is 6.28. The van der Waals surface area contributed by atoms with Crippen LogP contribution in [0, 0.1) is 0 Å². The molecule has 0 unspecified atom stereocenters. The third-order valence-electron chi connectivity index (χ3n) is 3.50. The van der Waals surface area contributed by atoms with Crippen molar-refractivity contribution in [1.82, 2.24) is 19.9 Å². The minimum absolute atomic E-state index is 0.221. The Kier molecular flexibility index (Phi) is 11.0. The summed E-state index contributed by atoms with van der Waals surface area (Å²) >= 11 is 0. The fourth-order valence-electron chi connectivity index (χ4n) is 2.20. The van der Waals surface area contributed by atoms with E-state index in [1.54, 1.807) is 12.3 Å². The summed E-state index contributed by atoms with van der Waals surface area (Å²) < 4.78 is 16.2. The number of aromatic nitrogens is 4. The van der Waals surface area contributed by atoms with Gasteiger partial charge in [0.15, 0.2) is 0 Å². The molecule has 2 rings (SSSR count). The molecule has 29 heavy (non-hydrogen) atoms. The predicted molar refractivity (Wildman–Crippen MR) is 111 cm³/mol. The largest absolute Gasteiger partial charge is 0.459 e. The van der Waals surface area contributed by atoms with Gasteiger partial charge in [-0.3, -0.25) is 4.98 Å². The number of nitrogens with zero attached hydrogens (tertiary/aromatic N) is 4. The summed E-state index contributed by atoms with van der Waals surface area (Å²) in [6.07, 6.45) is 4.15. The molecule has 0 saturated carbocycles. The molecule has 0 aliphatic rings. The van der Waals surface area contributed by atoms with E-state index in [-0.39, 0.29) is 6.01 Å². The van der Waals surface area contributed by atoms with Crippen molar-refractivity contribution in [2.75, 3.05) is 63.3 Å². The summed E-state index contributed by atoms with van der Waals surface area (Å²) in [5.41, 5.74) is 6.34. The zero-order valence-corrected chi connectivity index (χ0v) is 16.5. The van der Waals surface area contributed by atoms with E-state index in [4.69, 9.17) is 19.9 Å². The van der Waals surface area contributed by atoms with Gasteiger partial charge in [0.1, 0.15) is 6.61 Å². The maximum Gasteiger partial charge on any atom is 0.323 e. The molecule has 0 bridgehead atoms. The van der Waals surface area contributed by atoms with E-state index < -0.39 is 0 Å². The van der Waals surface area contributed by atoms with E-state index in [9.17, 15) is 0 Å². The van der Waals surface area contributed by atoms with Crippen molar-refractivity contribution >= 4 is 11.9 Å². The molecule has 0 saturated heterocycles. The third-order valence-corrected chi connectivity index (χ3v) is 3.50. The summed E-state index contributed by atoms with van der Waals surface area (Å²) in [6.45, 7) is 7.67. The van der Waals surface area contributed by atoms with Crippen molar-refractivity contribution in [2.24, 2.45) is 5.73 Å². The Morgan fingerprint density at radius 1 is 0.966 bits per heavy atom. The second-order valence-corrected chi connectivity index (χ2v) is 5.80. The van der Waals surface area contributed by atoms with Crippen LogP contribution in [0.15, 0.2) is 37.1 Å². The second kappa shape index (κ2) is 14.2. The molecule has 2 aromatic rings. The molecule has 2 aromatic heterocycles. The Balaban J connectivity index is 1.80. The zero-order valence-electron chi connectivity index (χ0n) is 16.5. The van der Waals surface area contributed by atoms with Gasteiger partial charge in [0, 0.05) is 37.9 Å². The Labute approximate surface area is 170 Å². The van der Waals surface area contributed by atoms with E-state index in [1.165, 1.54) is 0 Å². The highest BCUT2D eigenvalue weighted by molar-refractivity contribution is 5.36. The Bertz CT molecular complexity index is 703. The monoisotopic (exact) mass is 403 g/mol. The van der Waals surface area contributed by atoms with E-state index in [2.05, 4.69) is 37.1 Å². The summed E-state index contributed by atoms with van der Waals surface area (Å²) in [7, 11) is 0. The number of hydrogen-bond donors (Lipinski definition) is 3. The molecule has 10 heteroatoms. The van der Waals surface area contributed by atoms with Crippen LogP contribution in [0.3, 0.4) is 0 Å². The summed E-state index contributed by atoms with van der Waals surface area (Å²) in [4.78, 5) is 17.2. The molecule has 0 aliphatic heterocycles. The van der Waals surface area contributed by atoms with Crippen LogP contribution in [0.25, 0.3) is 0 Å². The fourth-order valence-corrected chi connectivity index (χ4v) is 2.20. The average molecular weight is 403 g/mol. The molecule has 0 atom stereocenters. The lowest BCUT2D eigenvalue weighted by atomic mass is 10.3. The van der Waals surface area contributed by atoms with Crippen LogP contribution < -0.4 is 21.1 Å². The van der Waals surface area contributed by atoms with Crippen LogP contribution in [-0.2, 0) is 15.9 Å². The number of ether oxygens (including phenoxy) is 3. The molecule has 0 spiro atoms. The van der Waals surface area contributed by atoms with Crippen molar-refractivity contribution in [3.05, 3.63) is 42.7 Å². The van der Waals surface area contributed by atoms with Gasteiger partial charge in [-0.1, -0.05) is 18.7 Å². The van der Waals surface area contributed by atoms with Gasteiger partial charge in [0.25, 0.3) is 0 Å². The highest BCUT2D eigenvalue weighted by Gasteiger charge is 2.07. The first-order valence-corrected chi connectivity index (χ1v) is 9.55. The van der Waals surface area contributed by atoms with E-state index >= 15 is 0 Å². The molecular formula is C19H29N7O3. The molecular weight excluding hydrogens is 374 g/mol. The van der Waals surface area contributed by atoms with Gasteiger partial charge in [0.05, 0.1) is 26.4 Å². The normalized spacial score (nSPS) is 10.5. The van der Waals surface area contributed by atoms with Crippen molar-refractivity contribution in [3.8, 4) is 6.01 Å². The molecule has 0 amide bonds. The van der Waals surface area contributed by atoms with Gasteiger partial charge in [-0.25, -0.2) is 0 Å². The van der Waals surface area contributed by atoms with E-state index in [1.807, 2.05) is 18.2 Å². The van der Waals surface area contributed by atoms with Gasteiger partial charge in [-0.15, -0.1) is 0 Å². The highest BCUT2D eigenvalue weighted by Crippen LogP contribution is 2.11. The average Bonchev–Trinajstić information content (AvgIpc) is 2.75. The molecule has 0 radical (unpaired) electrons. The number of rotatable bonds is 16. The third kappa shape index (κ3) is 9.79. The smallest absolute Gasteiger partial charge is 0.323 e. The number of hydrogen-bond acceptors (Lipinski definition) is 10. The van der Waals surface area contributed by atoms with Gasteiger partial charge in [-0.2, -0.15) is 15.0 Å². The number of nitrogens with two attached hydrogens (primary N) is 1.